The molecule has 0 heterocycles. The molecule has 3 unspecified atom stereocenters. The number of carboxylic acids is 1. The molecule has 10 heteroatoms. The fraction of sp³-hybridized carbons (Fsp3) is 0.400. The molecule has 2 amide bonds. The molecule has 0 aromatic heterocycles. The molecular weight excluding hydrogens is 460 g/mol. The van der Waals surface area contributed by atoms with Crippen LogP contribution in [0, 0.1) is 11.8 Å². The van der Waals surface area contributed by atoms with E-state index in [0.29, 0.717) is 0 Å². The van der Waals surface area contributed by atoms with E-state index in [0.717, 1.165) is 22.3 Å². The molecule has 1 fully saturated rings. The fourth-order valence-electron chi connectivity index (χ4n) is 4.66. The maximum atomic E-state index is 14.2. The Balaban J connectivity index is 1.31. The molecular formula is C25H27F2N3O5. The van der Waals surface area contributed by atoms with Gasteiger partial charge in [0.1, 0.15) is 18.6 Å². The molecule has 35 heavy (non-hydrogen) atoms. The summed E-state index contributed by atoms with van der Waals surface area (Å²) in [6, 6.07) is 14.3. The van der Waals surface area contributed by atoms with Crippen LogP contribution in [0.3, 0.4) is 0 Å². The summed E-state index contributed by atoms with van der Waals surface area (Å²) in [6.45, 7) is -0.467. The molecule has 3 atom stereocenters. The summed E-state index contributed by atoms with van der Waals surface area (Å²) in [5.41, 5.74) is 4.19. The van der Waals surface area contributed by atoms with Crippen molar-refractivity contribution in [3.05, 3.63) is 59.7 Å². The first-order valence-corrected chi connectivity index (χ1v) is 11.3. The number of likely N-dealkylation sites (N-methyl/N-ethyl adjacent to an activating group) is 1. The van der Waals surface area contributed by atoms with Gasteiger partial charge in [-0.05, 0) is 36.3 Å². The first kappa shape index (κ1) is 24.6. The Morgan fingerprint density at radius 2 is 1.63 bits per heavy atom. The molecule has 2 aliphatic rings. The summed E-state index contributed by atoms with van der Waals surface area (Å²) in [7, 11) is 3.21. The number of rotatable bonds is 9. The Kier molecular flexibility index (Phi) is 6.75. The SMILES string of the molecule is CN(C)CC(NC(=O)C1C(CNC(=O)OCC2c3ccccc3-c3ccccc32)C1(F)F)C(=O)O. The third-order valence-electron chi connectivity index (χ3n) is 6.46. The highest BCUT2D eigenvalue weighted by molar-refractivity contribution is 5.88. The molecule has 2 aliphatic carbocycles. The van der Waals surface area contributed by atoms with Crippen LogP contribution < -0.4 is 10.6 Å². The molecule has 0 aliphatic heterocycles. The van der Waals surface area contributed by atoms with Gasteiger partial charge in [-0.3, -0.25) is 4.79 Å². The summed E-state index contributed by atoms with van der Waals surface area (Å²) in [6.07, 6.45) is -0.857. The fourth-order valence-corrected chi connectivity index (χ4v) is 4.66. The largest absolute Gasteiger partial charge is 0.480 e. The van der Waals surface area contributed by atoms with E-state index < -0.39 is 48.3 Å². The molecule has 4 rings (SSSR count). The van der Waals surface area contributed by atoms with Crippen molar-refractivity contribution >= 4 is 18.0 Å². The minimum absolute atomic E-state index is 0.0374. The van der Waals surface area contributed by atoms with Crippen molar-refractivity contribution in [2.45, 2.75) is 17.9 Å². The van der Waals surface area contributed by atoms with Gasteiger partial charge in [-0.1, -0.05) is 48.5 Å². The first-order valence-electron chi connectivity index (χ1n) is 11.3. The summed E-state index contributed by atoms with van der Waals surface area (Å²) >= 11 is 0. The number of nitrogens with one attached hydrogen (secondary N) is 2. The summed E-state index contributed by atoms with van der Waals surface area (Å²) in [4.78, 5) is 37.4. The van der Waals surface area contributed by atoms with Gasteiger partial charge >= 0.3 is 12.1 Å². The molecule has 8 nitrogen and oxygen atoms in total. The summed E-state index contributed by atoms with van der Waals surface area (Å²) in [5.74, 6) is -9.02. The van der Waals surface area contributed by atoms with Crippen LogP contribution >= 0.6 is 0 Å². The maximum absolute atomic E-state index is 14.2. The predicted octanol–water partition coefficient (Wildman–Crippen LogP) is 2.54. The molecule has 0 radical (unpaired) electrons. The number of alkyl halides is 2. The number of aliphatic carboxylic acids is 1. The number of fused-ring (bicyclic) bond motifs is 3. The number of benzene rings is 2. The maximum Gasteiger partial charge on any atom is 0.407 e. The zero-order chi connectivity index (χ0) is 25.3. The average molecular weight is 488 g/mol. The zero-order valence-electron chi connectivity index (χ0n) is 19.3. The predicted molar refractivity (Wildman–Crippen MR) is 123 cm³/mol. The van der Waals surface area contributed by atoms with E-state index in [2.05, 4.69) is 10.6 Å². The number of carbonyl (C=O) groups is 3. The second-order valence-corrected chi connectivity index (χ2v) is 9.13. The number of nitrogens with zero attached hydrogens (tertiary/aromatic N) is 1. The number of halogens is 2. The second-order valence-electron chi connectivity index (χ2n) is 9.13. The average Bonchev–Trinajstić information content (AvgIpc) is 3.22. The van der Waals surface area contributed by atoms with Crippen LogP contribution in [-0.2, 0) is 14.3 Å². The minimum Gasteiger partial charge on any atom is -0.480 e. The lowest BCUT2D eigenvalue weighted by molar-refractivity contribution is -0.142. The molecule has 3 N–H and O–H groups in total. The molecule has 2 aromatic carbocycles. The number of carbonyl (C=O) groups excluding carboxylic acids is 2. The van der Waals surface area contributed by atoms with Gasteiger partial charge in [-0.2, -0.15) is 0 Å². The van der Waals surface area contributed by atoms with E-state index in [1.807, 2.05) is 48.5 Å². The Hall–Kier alpha value is -3.53. The van der Waals surface area contributed by atoms with Crippen molar-refractivity contribution in [1.29, 1.82) is 0 Å². The van der Waals surface area contributed by atoms with Gasteiger partial charge in [0.2, 0.25) is 5.91 Å². The highest BCUT2D eigenvalue weighted by Gasteiger charge is 2.71. The highest BCUT2D eigenvalue weighted by Crippen LogP contribution is 2.55. The van der Waals surface area contributed by atoms with Crippen LogP contribution in [0.5, 0.6) is 0 Å². The smallest absolute Gasteiger partial charge is 0.407 e. The number of amides is 2. The van der Waals surface area contributed by atoms with Gasteiger partial charge in [0.05, 0.1) is 5.92 Å². The van der Waals surface area contributed by atoms with E-state index in [9.17, 15) is 28.3 Å². The third-order valence-corrected chi connectivity index (χ3v) is 6.46. The summed E-state index contributed by atoms with van der Waals surface area (Å²) < 4.78 is 33.8. The van der Waals surface area contributed by atoms with E-state index >= 15 is 0 Å². The van der Waals surface area contributed by atoms with Crippen molar-refractivity contribution < 1.29 is 33.0 Å². The van der Waals surface area contributed by atoms with Crippen molar-refractivity contribution in [1.82, 2.24) is 15.5 Å². The third kappa shape index (κ3) is 4.97. The summed E-state index contributed by atoms with van der Waals surface area (Å²) in [5, 5.41) is 13.7. The first-order chi connectivity index (χ1) is 16.6. The molecule has 0 bridgehead atoms. The Morgan fingerprint density at radius 3 is 2.17 bits per heavy atom. The van der Waals surface area contributed by atoms with Gasteiger partial charge < -0.3 is 25.4 Å². The van der Waals surface area contributed by atoms with E-state index in [4.69, 9.17) is 4.74 Å². The standard InChI is InChI=1S/C25H27F2N3O5/c1-30(2)12-20(23(32)33)29-22(31)21-19(25(21,26)27)11-28-24(34)35-13-18-16-9-5-3-7-14(16)15-8-4-6-10-17(15)18/h3-10,18-21H,11-13H2,1-2H3,(H,28,34)(H,29,31)(H,32,33). The quantitative estimate of drug-likeness (QED) is 0.502. The van der Waals surface area contributed by atoms with Gasteiger partial charge in [-0.25, -0.2) is 18.4 Å². The van der Waals surface area contributed by atoms with Crippen LogP contribution in [0.2, 0.25) is 0 Å². The lowest BCUT2D eigenvalue weighted by atomic mass is 9.98. The van der Waals surface area contributed by atoms with Crippen molar-refractivity contribution in [2.75, 3.05) is 33.8 Å². The Labute approximate surface area is 201 Å². The highest BCUT2D eigenvalue weighted by atomic mass is 19.3. The monoisotopic (exact) mass is 487 g/mol. The van der Waals surface area contributed by atoms with E-state index in [1.54, 1.807) is 14.1 Å². The van der Waals surface area contributed by atoms with Crippen molar-refractivity contribution in [3.63, 3.8) is 0 Å². The second kappa shape index (κ2) is 9.61. The lowest BCUT2D eigenvalue weighted by Crippen LogP contribution is -2.48. The van der Waals surface area contributed by atoms with E-state index in [-0.39, 0.29) is 19.1 Å². The molecule has 0 spiro atoms. The van der Waals surface area contributed by atoms with Crippen LogP contribution in [0.1, 0.15) is 17.0 Å². The van der Waals surface area contributed by atoms with Crippen LogP contribution in [-0.4, -0.2) is 73.7 Å². The van der Waals surface area contributed by atoms with Crippen LogP contribution in [0.4, 0.5) is 13.6 Å². The van der Waals surface area contributed by atoms with Gasteiger partial charge in [0.25, 0.3) is 5.92 Å². The van der Waals surface area contributed by atoms with Gasteiger partial charge in [-0.15, -0.1) is 0 Å². The molecule has 186 valence electrons. The van der Waals surface area contributed by atoms with E-state index in [1.165, 1.54) is 4.90 Å². The normalized spacial score (nSPS) is 20.5. The lowest BCUT2D eigenvalue weighted by Gasteiger charge is -2.18. The molecule has 2 aromatic rings. The number of carboxylic acid groups (broad SMARTS) is 1. The number of hydrogen-bond acceptors (Lipinski definition) is 5. The molecule has 1 saturated carbocycles. The topological polar surface area (TPSA) is 108 Å². The van der Waals surface area contributed by atoms with Crippen LogP contribution in [0.25, 0.3) is 11.1 Å². The Morgan fingerprint density at radius 1 is 1.06 bits per heavy atom. The zero-order valence-corrected chi connectivity index (χ0v) is 19.3. The Bertz CT molecular complexity index is 1090. The number of ether oxygens (including phenoxy) is 1. The number of hydrogen-bond donors (Lipinski definition) is 3. The minimum atomic E-state index is -3.35. The van der Waals surface area contributed by atoms with Crippen LogP contribution in [0.15, 0.2) is 48.5 Å². The number of alkyl carbamates (subject to hydrolysis) is 1. The van der Waals surface area contributed by atoms with Gasteiger partial charge in [0, 0.05) is 19.0 Å². The molecule has 0 saturated heterocycles. The van der Waals surface area contributed by atoms with Gasteiger partial charge in [0.15, 0.2) is 0 Å². The van der Waals surface area contributed by atoms with Crippen molar-refractivity contribution in [3.8, 4) is 11.1 Å². The van der Waals surface area contributed by atoms with Crippen molar-refractivity contribution in [2.24, 2.45) is 11.8 Å².